The second kappa shape index (κ2) is 17.2. The van der Waals surface area contributed by atoms with Crippen LogP contribution in [-0.2, 0) is 5.41 Å². The summed E-state index contributed by atoms with van der Waals surface area (Å²) in [5.74, 6) is 0. The van der Waals surface area contributed by atoms with Crippen molar-refractivity contribution in [3.05, 3.63) is 307 Å². The summed E-state index contributed by atoms with van der Waals surface area (Å²) in [5, 5.41) is 5.00. The first-order chi connectivity index (χ1) is 34.7. The van der Waals surface area contributed by atoms with Gasteiger partial charge in [0.05, 0.1) is 16.8 Å². The molecule has 1 nitrogen and oxygen atoms in total. The zero-order valence-electron chi connectivity index (χ0n) is 38.6. The minimum atomic E-state index is -0.531. The molecule has 0 unspecified atom stereocenters. The Morgan fingerprint density at radius 2 is 0.643 bits per heavy atom. The molecule has 12 aromatic carbocycles. The number of fused-ring (bicyclic) bond motifs is 5. The number of hydrogen-bond acceptors (Lipinski definition) is 1. The van der Waals surface area contributed by atoms with Crippen molar-refractivity contribution in [2.45, 2.75) is 5.41 Å². The molecule has 70 heavy (non-hydrogen) atoms. The summed E-state index contributed by atoms with van der Waals surface area (Å²) >= 11 is 0. The lowest BCUT2D eigenvalue weighted by molar-refractivity contribution is 0.768. The maximum absolute atomic E-state index is 2.50. The summed E-state index contributed by atoms with van der Waals surface area (Å²) in [6.07, 6.45) is 0. The summed E-state index contributed by atoms with van der Waals surface area (Å²) in [6.45, 7) is 0. The molecule has 1 heteroatoms. The van der Waals surface area contributed by atoms with Crippen LogP contribution in [0.4, 0.5) is 17.1 Å². The molecule has 0 amide bonds. The molecule has 0 radical (unpaired) electrons. The lowest BCUT2D eigenvalue weighted by Gasteiger charge is -2.34. The van der Waals surface area contributed by atoms with Gasteiger partial charge in [-0.05, 0) is 125 Å². The molecule has 0 bridgehead atoms. The predicted octanol–water partition coefficient (Wildman–Crippen LogP) is 18.5. The largest absolute Gasteiger partial charge is 0.309 e. The van der Waals surface area contributed by atoms with Gasteiger partial charge in [0.1, 0.15) is 0 Å². The molecule has 0 spiro atoms. The minimum Gasteiger partial charge on any atom is -0.309 e. The molecular weight excluding hydrogens is 843 g/mol. The third-order valence-electron chi connectivity index (χ3n) is 14.6. The van der Waals surface area contributed by atoms with Crippen LogP contribution in [0.3, 0.4) is 0 Å². The number of benzene rings is 12. The number of anilines is 3. The fraction of sp³-hybridized carbons (Fsp3) is 0.0145. The van der Waals surface area contributed by atoms with Crippen LogP contribution < -0.4 is 4.90 Å². The smallest absolute Gasteiger partial charge is 0.0714 e. The van der Waals surface area contributed by atoms with Gasteiger partial charge in [-0.3, -0.25) is 0 Å². The first kappa shape index (κ1) is 41.2. The van der Waals surface area contributed by atoms with E-state index in [2.05, 4.69) is 290 Å². The van der Waals surface area contributed by atoms with E-state index in [0.29, 0.717) is 0 Å². The van der Waals surface area contributed by atoms with E-state index in [1.54, 1.807) is 0 Å². The van der Waals surface area contributed by atoms with Gasteiger partial charge < -0.3 is 4.90 Å². The molecule has 328 valence electrons. The molecule has 1 aliphatic rings. The average molecular weight is 890 g/mol. The third-order valence-corrected chi connectivity index (χ3v) is 14.6. The summed E-state index contributed by atoms with van der Waals surface area (Å²) in [6, 6.07) is 105. The van der Waals surface area contributed by atoms with Gasteiger partial charge in [-0.25, -0.2) is 0 Å². The Bertz CT molecular complexity index is 3810. The minimum absolute atomic E-state index is 0.531. The van der Waals surface area contributed by atoms with Crippen molar-refractivity contribution in [3.8, 4) is 55.6 Å². The van der Waals surface area contributed by atoms with Crippen LogP contribution in [-0.4, -0.2) is 0 Å². The van der Waals surface area contributed by atoms with E-state index in [-0.39, 0.29) is 0 Å². The van der Waals surface area contributed by atoms with Gasteiger partial charge in [0.25, 0.3) is 0 Å². The highest BCUT2D eigenvalue weighted by molar-refractivity contribution is 6.00. The van der Waals surface area contributed by atoms with Crippen LogP contribution in [0, 0.1) is 0 Å². The number of hydrogen-bond donors (Lipinski definition) is 0. The highest BCUT2D eigenvalue weighted by Crippen LogP contribution is 2.60. The van der Waals surface area contributed by atoms with E-state index in [9.17, 15) is 0 Å². The maximum atomic E-state index is 2.50. The Morgan fingerprint density at radius 1 is 0.243 bits per heavy atom. The van der Waals surface area contributed by atoms with E-state index in [1.807, 2.05) is 0 Å². The van der Waals surface area contributed by atoms with Crippen molar-refractivity contribution in [1.29, 1.82) is 0 Å². The Hall–Kier alpha value is -9.04. The highest BCUT2D eigenvalue weighted by atomic mass is 15.1. The van der Waals surface area contributed by atoms with E-state index >= 15 is 0 Å². The molecule has 13 rings (SSSR count). The van der Waals surface area contributed by atoms with Crippen LogP contribution in [0.5, 0.6) is 0 Å². The van der Waals surface area contributed by atoms with Crippen LogP contribution >= 0.6 is 0 Å². The number of rotatable bonds is 9. The molecule has 0 saturated carbocycles. The van der Waals surface area contributed by atoms with Gasteiger partial charge in [0.15, 0.2) is 0 Å². The number of nitrogens with zero attached hydrogens (tertiary/aromatic N) is 1. The van der Waals surface area contributed by atoms with Gasteiger partial charge in [-0.2, -0.15) is 0 Å². The lowest BCUT2D eigenvalue weighted by Crippen LogP contribution is -2.28. The number of para-hydroxylation sites is 1. The Kier molecular flexibility index (Phi) is 10.1. The zero-order chi connectivity index (χ0) is 46.4. The first-order valence-corrected chi connectivity index (χ1v) is 24.2. The quantitative estimate of drug-likeness (QED) is 0.140. The molecule has 0 aliphatic heterocycles. The van der Waals surface area contributed by atoms with Crippen LogP contribution in [0.2, 0.25) is 0 Å². The first-order valence-electron chi connectivity index (χ1n) is 24.2. The average Bonchev–Trinajstić information content (AvgIpc) is 3.75. The topological polar surface area (TPSA) is 3.24 Å². The van der Waals surface area contributed by atoms with Crippen molar-refractivity contribution >= 4 is 38.6 Å². The molecular formula is C69H47N. The van der Waals surface area contributed by atoms with Crippen molar-refractivity contribution in [1.82, 2.24) is 0 Å². The molecule has 0 fully saturated rings. The maximum Gasteiger partial charge on any atom is 0.0714 e. The third kappa shape index (κ3) is 6.94. The Morgan fingerprint density at radius 3 is 1.21 bits per heavy atom. The predicted molar refractivity (Wildman–Crippen MR) is 295 cm³/mol. The summed E-state index contributed by atoms with van der Waals surface area (Å²) in [4.78, 5) is 2.50. The van der Waals surface area contributed by atoms with Crippen molar-refractivity contribution < 1.29 is 0 Å². The Balaban J connectivity index is 0.966. The van der Waals surface area contributed by atoms with Gasteiger partial charge in [0, 0.05) is 16.8 Å². The highest BCUT2D eigenvalue weighted by Gasteiger charge is 2.47. The normalized spacial score (nSPS) is 12.4. The standard InChI is InChI=1S/C69H47N/c1-3-20-59(21-4-1)69(60-22-5-2-6-23-60)64-26-13-11-25-63(64)68-65(69)27-15-29-67(68)70(61-44-42-51(43-45-61)50-30-32-52(33-31-50)57-40-36-48-16-7-9-18-55(48)46-57)66-28-14-12-24-62(66)54-38-34-53(35-39-54)58-41-37-49-17-8-10-19-56(49)47-58/h1-47H. The summed E-state index contributed by atoms with van der Waals surface area (Å²) in [7, 11) is 0. The SMILES string of the molecule is c1ccc(C2(c3ccccc3)c3ccccc3-c3c(N(c4ccc(-c5ccc(-c6ccc7ccccc7c6)cc5)cc4)c4ccccc4-c4ccc(-c5ccc6ccccc6c5)cc4)cccc32)cc1. The van der Waals surface area contributed by atoms with Crippen molar-refractivity contribution in [3.63, 3.8) is 0 Å². The summed E-state index contributed by atoms with van der Waals surface area (Å²) < 4.78 is 0. The molecule has 0 N–H and O–H groups in total. The van der Waals surface area contributed by atoms with E-state index in [0.717, 1.165) is 28.2 Å². The summed E-state index contributed by atoms with van der Waals surface area (Å²) in [5.41, 5.74) is 19.8. The lowest BCUT2D eigenvalue weighted by atomic mass is 9.68. The molecule has 0 heterocycles. The van der Waals surface area contributed by atoms with Crippen molar-refractivity contribution in [2.24, 2.45) is 0 Å². The van der Waals surface area contributed by atoms with Crippen molar-refractivity contribution in [2.75, 3.05) is 4.90 Å². The fourth-order valence-electron chi connectivity index (χ4n) is 11.2. The fourth-order valence-corrected chi connectivity index (χ4v) is 11.2. The molecule has 0 aromatic heterocycles. The van der Waals surface area contributed by atoms with Crippen LogP contribution in [0.15, 0.2) is 285 Å². The Labute approximate surface area is 409 Å². The second-order valence-electron chi connectivity index (χ2n) is 18.4. The molecule has 0 saturated heterocycles. The van der Waals surface area contributed by atoms with Crippen LogP contribution in [0.1, 0.15) is 22.3 Å². The zero-order valence-corrected chi connectivity index (χ0v) is 38.6. The van der Waals surface area contributed by atoms with Gasteiger partial charge in [0.2, 0.25) is 0 Å². The molecule has 0 atom stereocenters. The van der Waals surface area contributed by atoms with E-state index in [1.165, 1.54) is 88.3 Å². The molecule has 12 aromatic rings. The second-order valence-corrected chi connectivity index (χ2v) is 18.4. The molecule has 1 aliphatic carbocycles. The van der Waals surface area contributed by atoms with E-state index in [4.69, 9.17) is 0 Å². The monoisotopic (exact) mass is 889 g/mol. The van der Waals surface area contributed by atoms with Crippen LogP contribution in [0.25, 0.3) is 77.2 Å². The van der Waals surface area contributed by atoms with Gasteiger partial charge >= 0.3 is 0 Å². The van der Waals surface area contributed by atoms with Gasteiger partial charge in [-0.1, -0.05) is 249 Å². The van der Waals surface area contributed by atoms with Gasteiger partial charge in [-0.15, -0.1) is 0 Å². The van der Waals surface area contributed by atoms with E-state index < -0.39 is 5.41 Å².